The fourth-order valence-electron chi connectivity index (χ4n) is 2.21. The number of aromatic nitrogens is 2. The van der Waals surface area contributed by atoms with Crippen LogP contribution < -0.4 is 15.4 Å². The number of nitrogens with one attached hydrogen (secondary N) is 2. The molecule has 0 radical (unpaired) electrons. The Morgan fingerprint density at radius 2 is 2.04 bits per heavy atom. The standard InChI is InChI=1S/C18H17ClN4O2S2/c1-11-8-14(15(25-2)9-13(11)19)21-16(24)10-26-18-23-22-17(27-18)20-12-6-4-3-5-7-12/h3-9H,10H2,1-2H3,(H,20,22)(H,21,24). The van der Waals surface area contributed by atoms with Crippen LogP contribution in [0.2, 0.25) is 5.02 Å². The Labute approximate surface area is 170 Å². The van der Waals surface area contributed by atoms with Gasteiger partial charge >= 0.3 is 0 Å². The largest absolute Gasteiger partial charge is 0.495 e. The minimum atomic E-state index is -0.159. The van der Waals surface area contributed by atoms with Crippen LogP contribution in [0, 0.1) is 6.92 Å². The van der Waals surface area contributed by atoms with Crippen LogP contribution in [0.4, 0.5) is 16.5 Å². The van der Waals surface area contributed by atoms with E-state index in [-0.39, 0.29) is 11.7 Å². The number of thioether (sulfide) groups is 1. The van der Waals surface area contributed by atoms with E-state index in [4.69, 9.17) is 16.3 Å². The predicted octanol–water partition coefficient (Wildman–Crippen LogP) is 4.98. The zero-order valence-electron chi connectivity index (χ0n) is 14.7. The van der Waals surface area contributed by atoms with E-state index >= 15 is 0 Å². The molecule has 0 saturated carbocycles. The first-order valence-electron chi connectivity index (χ1n) is 7.97. The summed E-state index contributed by atoms with van der Waals surface area (Å²) in [6.07, 6.45) is 0. The molecule has 0 saturated heterocycles. The number of carbonyl (C=O) groups is 1. The van der Waals surface area contributed by atoms with Crippen LogP contribution in [-0.4, -0.2) is 29.0 Å². The van der Waals surface area contributed by atoms with Crippen molar-refractivity contribution in [3.8, 4) is 5.75 Å². The monoisotopic (exact) mass is 420 g/mol. The van der Waals surface area contributed by atoms with E-state index in [1.54, 1.807) is 12.1 Å². The molecule has 0 bridgehead atoms. The number of methoxy groups -OCH3 is 1. The Hall–Kier alpha value is -2.29. The average molecular weight is 421 g/mol. The van der Waals surface area contributed by atoms with E-state index in [0.717, 1.165) is 11.3 Å². The summed E-state index contributed by atoms with van der Waals surface area (Å²) in [6.45, 7) is 1.87. The van der Waals surface area contributed by atoms with E-state index in [9.17, 15) is 4.79 Å². The second kappa shape index (κ2) is 9.07. The lowest BCUT2D eigenvalue weighted by Crippen LogP contribution is -2.14. The summed E-state index contributed by atoms with van der Waals surface area (Å²) < 4.78 is 5.98. The van der Waals surface area contributed by atoms with Gasteiger partial charge < -0.3 is 15.4 Å². The number of benzene rings is 2. The van der Waals surface area contributed by atoms with Gasteiger partial charge in [0.15, 0.2) is 4.34 Å². The number of para-hydroxylation sites is 1. The molecule has 0 spiro atoms. The van der Waals surface area contributed by atoms with Gasteiger partial charge in [0, 0.05) is 16.8 Å². The predicted molar refractivity (Wildman–Crippen MR) is 112 cm³/mol. The van der Waals surface area contributed by atoms with Crippen molar-refractivity contribution in [2.45, 2.75) is 11.3 Å². The quantitative estimate of drug-likeness (QED) is 0.525. The van der Waals surface area contributed by atoms with Crippen molar-refractivity contribution in [1.82, 2.24) is 10.2 Å². The number of aryl methyl sites for hydroxylation is 1. The fourth-order valence-corrected chi connectivity index (χ4v) is 3.93. The average Bonchev–Trinajstić information content (AvgIpc) is 3.11. The summed E-state index contributed by atoms with van der Waals surface area (Å²) >= 11 is 8.81. The maximum absolute atomic E-state index is 12.3. The minimum absolute atomic E-state index is 0.159. The number of amides is 1. The van der Waals surface area contributed by atoms with Gasteiger partial charge in [-0.25, -0.2) is 0 Å². The zero-order chi connectivity index (χ0) is 19.2. The van der Waals surface area contributed by atoms with Crippen molar-refractivity contribution in [1.29, 1.82) is 0 Å². The summed E-state index contributed by atoms with van der Waals surface area (Å²) in [5, 5.41) is 15.5. The Morgan fingerprint density at radius 3 is 2.78 bits per heavy atom. The number of nitrogens with zero attached hydrogens (tertiary/aromatic N) is 2. The molecule has 0 aliphatic heterocycles. The number of rotatable bonds is 7. The van der Waals surface area contributed by atoms with E-state index in [0.29, 0.717) is 25.9 Å². The highest BCUT2D eigenvalue weighted by atomic mass is 35.5. The summed E-state index contributed by atoms with van der Waals surface area (Å²) in [7, 11) is 1.54. The number of hydrogen-bond acceptors (Lipinski definition) is 7. The molecule has 0 atom stereocenters. The van der Waals surface area contributed by atoms with Gasteiger partial charge in [-0.2, -0.15) is 0 Å². The molecule has 140 valence electrons. The van der Waals surface area contributed by atoms with E-state index in [1.807, 2.05) is 37.3 Å². The second-order valence-electron chi connectivity index (χ2n) is 5.50. The van der Waals surface area contributed by atoms with Crippen molar-refractivity contribution < 1.29 is 9.53 Å². The van der Waals surface area contributed by atoms with Crippen LogP contribution in [-0.2, 0) is 4.79 Å². The molecule has 1 heterocycles. The highest BCUT2D eigenvalue weighted by molar-refractivity contribution is 8.01. The molecule has 1 aromatic heterocycles. The second-order valence-corrected chi connectivity index (χ2v) is 8.11. The maximum Gasteiger partial charge on any atom is 0.234 e. The van der Waals surface area contributed by atoms with Gasteiger partial charge in [0.1, 0.15) is 5.75 Å². The topological polar surface area (TPSA) is 76.1 Å². The van der Waals surface area contributed by atoms with Crippen LogP contribution in [0.1, 0.15) is 5.56 Å². The van der Waals surface area contributed by atoms with Crippen LogP contribution in [0.25, 0.3) is 0 Å². The van der Waals surface area contributed by atoms with Crippen LogP contribution in [0.15, 0.2) is 46.8 Å². The van der Waals surface area contributed by atoms with Gasteiger partial charge in [-0.3, -0.25) is 4.79 Å². The lowest BCUT2D eigenvalue weighted by atomic mass is 10.2. The molecule has 6 nitrogen and oxygen atoms in total. The van der Waals surface area contributed by atoms with Gasteiger partial charge in [-0.15, -0.1) is 10.2 Å². The fraction of sp³-hybridized carbons (Fsp3) is 0.167. The molecule has 0 unspecified atom stereocenters. The molecule has 2 N–H and O–H groups in total. The summed E-state index contributed by atoms with van der Waals surface area (Å²) in [6, 6.07) is 13.2. The third-order valence-corrected chi connectivity index (χ3v) is 5.89. The summed E-state index contributed by atoms with van der Waals surface area (Å²) in [4.78, 5) is 12.3. The van der Waals surface area contributed by atoms with Crippen molar-refractivity contribution >= 4 is 57.1 Å². The zero-order valence-corrected chi connectivity index (χ0v) is 17.0. The number of hydrogen-bond donors (Lipinski definition) is 2. The summed E-state index contributed by atoms with van der Waals surface area (Å²) in [5.41, 5.74) is 2.39. The lowest BCUT2D eigenvalue weighted by molar-refractivity contribution is -0.113. The van der Waals surface area contributed by atoms with Crippen LogP contribution in [0.3, 0.4) is 0 Å². The summed E-state index contributed by atoms with van der Waals surface area (Å²) in [5.74, 6) is 0.576. The Kier molecular flexibility index (Phi) is 6.54. The van der Waals surface area contributed by atoms with Gasteiger partial charge in [0.2, 0.25) is 11.0 Å². The van der Waals surface area contributed by atoms with Crippen molar-refractivity contribution in [3.05, 3.63) is 53.1 Å². The van der Waals surface area contributed by atoms with Gasteiger partial charge in [0.05, 0.1) is 18.6 Å². The SMILES string of the molecule is COc1cc(Cl)c(C)cc1NC(=O)CSc1nnc(Nc2ccccc2)s1. The smallest absolute Gasteiger partial charge is 0.234 e. The molecule has 0 aliphatic rings. The molecule has 1 amide bonds. The van der Waals surface area contributed by atoms with E-state index in [2.05, 4.69) is 20.8 Å². The molecule has 0 aliphatic carbocycles. The number of halogens is 1. The van der Waals surface area contributed by atoms with Gasteiger partial charge in [0.25, 0.3) is 0 Å². The Bertz CT molecular complexity index is 934. The first-order valence-corrected chi connectivity index (χ1v) is 10.2. The van der Waals surface area contributed by atoms with E-state index in [1.165, 1.54) is 30.2 Å². The van der Waals surface area contributed by atoms with Crippen molar-refractivity contribution in [2.75, 3.05) is 23.5 Å². The van der Waals surface area contributed by atoms with Crippen molar-refractivity contribution in [2.24, 2.45) is 0 Å². The molecule has 2 aromatic carbocycles. The van der Waals surface area contributed by atoms with Crippen LogP contribution in [0.5, 0.6) is 5.75 Å². The lowest BCUT2D eigenvalue weighted by Gasteiger charge is -2.11. The third kappa shape index (κ3) is 5.35. The molecular weight excluding hydrogens is 404 g/mol. The molecule has 9 heteroatoms. The first-order chi connectivity index (χ1) is 13.0. The molecular formula is C18H17ClN4O2S2. The number of ether oxygens (including phenoxy) is 1. The van der Waals surface area contributed by atoms with Gasteiger partial charge in [-0.1, -0.05) is 52.9 Å². The van der Waals surface area contributed by atoms with E-state index < -0.39 is 0 Å². The Balaban J connectivity index is 1.56. The first kappa shape index (κ1) is 19.5. The van der Waals surface area contributed by atoms with Crippen molar-refractivity contribution in [3.63, 3.8) is 0 Å². The number of anilines is 3. The highest BCUT2D eigenvalue weighted by Gasteiger charge is 2.12. The third-order valence-electron chi connectivity index (χ3n) is 3.51. The highest BCUT2D eigenvalue weighted by Crippen LogP contribution is 2.32. The normalized spacial score (nSPS) is 10.5. The minimum Gasteiger partial charge on any atom is -0.495 e. The molecule has 3 rings (SSSR count). The van der Waals surface area contributed by atoms with Crippen LogP contribution >= 0.6 is 34.7 Å². The van der Waals surface area contributed by atoms with Gasteiger partial charge in [-0.05, 0) is 30.7 Å². The molecule has 0 fully saturated rings. The number of carbonyl (C=O) groups excluding carboxylic acids is 1. The maximum atomic E-state index is 12.3. The molecule has 3 aromatic rings. The molecule has 27 heavy (non-hydrogen) atoms. The Morgan fingerprint density at radius 1 is 1.26 bits per heavy atom.